The third-order valence-corrected chi connectivity index (χ3v) is 2.67. The van der Waals surface area contributed by atoms with Crippen molar-refractivity contribution in [2.24, 2.45) is 0 Å². The van der Waals surface area contributed by atoms with Crippen molar-refractivity contribution >= 4 is 0 Å². The van der Waals surface area contributed by atoms with Crippen molar-refractivity contribution < 1.29 is 24.4 Å². The van der Waals surface area contributed by atoms with Crippen molar-refractivity contribution in [1.82, 2.24) is 9.55 Å². The van der Waals surface area contributed by atoms with Gasteiger partial charge in [-0.3, -0.25) is 14.3 Å². The third kappa shape index (κ3) is 2.08. The molecule has 0 unspecified atom stereocenters. The maximum absolute atomic E-state index is 13.1. The Labute approximate surface area is 98.9 Å². The summed E-state index contributed by atoms with van der Waals surface area (Å²) in [6.07, 6.45) is -5.29. The molecule has 1 saturated heterocycles. The van der Waals surface area contributed by atoms with E-state index < -0.39 is 41.6 Å². The van der Waals surface area contributed by atoms with Crippen LogP contribution in [0.4, 0.5) is 4.39 Å². The zero-order valence-electron chi connectivity index (χ0n) is 8.99. The number of aliphatic hydroxyl groups is 3. The van der Waals surface area contributed by atoms with Crippen LogP contribution >= 0.6 is 0 Å². The van der Waals surface area contributed by atoms with Crippen LogP contribution in [0.15, 0.2) is 15.8 Å². The number of aromatic nitrogens is 2. The van der Waals surface area contributed by atoms with Gasteiger partial charge in [-0.1, -0.05) is 0 Å². The average molecular weight is 262 g/mol. The average Bonchev–Trinajstić information content (AvgIpc) is 2.32. The van der Waals surface area contributed by atoms with Gasteiger partial charge in [0, 0.05) is 0 Å². The topological polar surface area (TPSA) is 125 Å². The maximum atomic E-state index is 13.1. The summed E-state index contributed by atoms with van der Waals surface area (Å²) in [5.41, 5.74) is -2.18. The molecule has 1 aromatic heterocycles. The van der Waals surface area contributed by atoms with Gasteiger partial charge in [0.25, 0.3) is 5.56 Å². The predicted octanol–water partition coefficient (Wildman–Crippen LogP) is -2.71. The summed E-state index contributed by atoms with van der Waals surface area (Å²) in [7, 11) is 0. The van der Waals surface area contributed by atoms with Gasteiger partial charge >= 0.3 is 5.69 Å². The monoisotopic (exact) mass is 262 g/mol. The Morgan fingerprint density at radius 1 is 1.33 bits per heavy atom. The van der Waals surface area contributed by atoms with Gasteiger partial charge in [0.2, 0.25) is 5.82 Å². The number of aliphatic hydroxyl groups excluding tert-OH is 3. The summed E-state index contributed by atoms with van der Waals surface area (Å²) in [6.45, 7) is -0.337. The van der Waals surface area contributed by atoms with Crippen LogP contribution < -0.4 is 11.2 Å². The number of rotatable bonds is 1. The highest BCUT2D eigenvalue weighted by molar-refractivity contribution is 4.92. The fourth-order valence-electron chi connectivity index (χ4n) is 1.69. The number of aromatic amines is 1. The molecule has 0 amide bonds. The van der Waals surface area contributed by atoms with Gasteiger partial charge in [-0.05, 0) is 0 Å². The normalized spacial score (nSPS) is 32.4. The Kier molecular flexibility index (Phi) is 3.30. The smallest absolute Gasteiger partial charge is 0.330 e. The van der Waals surface area contributed by atoms with Gasteiger partial charge in [0.05, 0.1) is 12.8 Å². The first-order valence-electron chi connectivity index (χ1n) is 5.08. The second-order valence-corrected chi connectivity index (χ2v) is 3.92. The Bertz CT molecular complexity index is 555. The number of hydrogen-bond acceptors (Lipinski definition) is 6. The van der Waals surface area contributed by atoms with Gasteiger partial charge in [-0.25, -0.2) is 4.79 Å². The molecule has 0 aromatic carbocycles. The first-order valence-corrected chi connectivity index (χ1v) is 5.08. The largest absolute Gasteiger partial charge is 0.388 e. The Hall–Kier alpha value is -1.55. The lowest BCUT2D eigenvalue weighted by atomic mass is 10.0. The highest BCUT2D eigenvalue weighted by Crippen LogP contribution is 2.22. The first kappa shape index (κ1) is 12.9. The summed E-state index contributed by atoms with van der Waals surface area (Å²) in [5.74, 6) is -1.23. The number of hydrogen-bond donors (Lipinski definition) is 4. The van der Waals surface area contributed by atoms with Crippen LogP contribution in [0.5, 0.6) is 0 Å². The molecular formula is C9H11FN2O6. The minimum atomic E-state index is -1.63. The summed E-state index contributed by atoms with van der Waals surface area (Å²) in [4.78, 5) is 24.0. The van der Waals surface area contributed by atoms with Crippen LogP contribution in [0.1, 0.15) is 6.23 Å². The van der Waals surface area contributed by atoms with E-state index in [1.807, 2.05) is 0 Å². The highest BCUT2D eigenvalue weighted by atomic mass is 19.1. The fraction of sp³-hybridized carbons (Fsp3) is 0.556. The zero-order valence-corrected chi connectivity index (χ0v) is 8.99. The zero-order chi connectivity index (χ0) is 13.4. The van der Waals surface area contributed by atoms with E-state index in [1.165, 1.54) is 0 Å². The number of halogens is 1. The standard InChI is InChI=1S/C9H11FN2O6/c10-3-1-12(9(17)11-7(3)16)8-6(15)5(14)4(13)2-18-8/h1,4-6,8,13-15H,2H2,(H,11,16,17)/t4-,5+,6-,8+/m0/s1. The Morgan fingerprint density at radius 3 is 2.67 bits per heavy atom. The fourth-order valence-corrected chi connectivity index (χ4v) is 1.69. The van der Waals surface area contributed by atoms with Crippen LogP contribution in [0, 0.1) is 5.82 Å². The lowest BCUT2D eigenvalue weighted by Crippen LogP contribution is -2.53. The van der Waals surface area contributed by atoms with Crippen molar-refractivity contribution in [3.05, 3.63) is 32.9 Å². The van der Waals surface area contributed by atoms with Crippen LogP contribution in [0.2, 0.25) is 0 Å². The second kappa shape index (κ2) is 4.61. The van der Waals surface area contributed by atoms with E-state index in [2.05, 4.69) is 0 Å². The van der Waals surface area contributed by atoms with E-state index in [0.29, 0.717) is 10.8 Å². The molecule has 0 saturated carbocycles. The van der Waals surface area contributed by atoms with Gasteiger partial charge in [-0.2, -0.15) is 4.39 Å². The molecule has 9 heteroatoms. The summed E-state index contributed by atoms with van der Waals surface area (Å²) >= 11 is 0. The summed E-state index contributed by atoms with van der Waals surface area (Å²) in [5, 5.41) is 28.3. The lowest BCUT2D eigenvalue weighted by molar-refractivity contribution is -0.212. The molecule has 8 nitrogen and oxygen atoms in total. The number of nitrogens with one attached hydrogen (secondary N) is 1. The van der Waals surface area contributed by atoms with E-state index in [-0.39, 0.29) is 6.61 Å². The van der Waals surface area contributed by atoms with Gasteiger partial charge in [-0.15, -0.1) is 0 Å². The third-order valence-electron chi connectivity index (χ3n) is 2.67. The van der Waals surface area contributed by atoms with E-state index in [4.69, 9.17) is 4.74 Å². The van der Waals surface area contributed by atoms with E-state index >= 15 is 0 Å². The van der Waals surface area contributed by atoms with Crippen molar-refractivity contribution in [2.75, 3.05) is 6.61 Å². The molecule has 0 radical (unpaired) electrons. The first-order chi connectivity index (χ1) is 8.41. The van der Waals surface area contributed by atoms with Crippen molar-refractivity contribution in [2.45, 2.75) is 24.5 Å². The van der Waals surface area contributed by atoms with Crippen molar-refractivity contribution in [1.29, 1.82) is 0 Å². The van der Waals surface area contributed by atoms with E-state index in [9.17, 15) is 29.3 Å². The molecule has 2 heterocycles. The van der Waals surface area contributed by atoms with E-state index in [1.54, 1.807) is 4.98 Å². The number of H-pyrrole nitrogens is 1. The molecule has 1 aromatic rings. The van der Waals surface area contributed by atoms with Crippen molar-refractivity contribution in [3.8, 4) is 0 Å². The number of ether oxygens (including phenoxy) is 1. The molecule has 0 spiro atoms. The van der Waals surface area contributed by atoms with Gasteiger partial charge < -0.3 is 20.1 Å². The molecule has 100 valence electrons. The summed E-state index contributed by atoms with van der Waals surface area (Å²) in [6, 6.07) is 0. The minimum Gasteiger partial charge on any atom is -0.388 e. The SMILES string of the molecule is O=c1[nH]c(=O)n([C@@H]2OC[C@H](O)[C@@H](O)[C@@H]2O)cc1F. The molecule has 18 heavy (non-hydrogen) atoms. The molecule has 2 rings (SSSR count). The van der Waals surface area contributed by atoms with Crippen molar-refractivity contribution in [3.63, 3.8) is 0 Å². The lowest BCUT2D eigenvalue weighted by Gasteiger charge is -2.35. The van der Waals surface area contributed by atoms with Crippen LogP contribution in [0.25, 0.3) is 0 Å². The van der Waals surface area contributed by atoms with Crippen LogP contribution in [-0.2, 0) is 4.74 Å². The van der Waals surface area contributed by atoms with Crippen LogP contribution in [-0.4, -0.2) is 49.8 Å². The van der Waals surface area contributed by atoms with Crippen LogP contribution in [0.3, 0.4) is 0 Å². The quantitative estimate of drug-likeness (QED) is 0.436. The Balaban J connectivity index is 2.41. The van der Waals surface area contributed by atoms with Gasteiger partial charge in [0.1, 0.15) is 18.3 Å². The molecule has 1 aliphatic heterocycles. The molecule has 4 atom stereocenters. The predicted molar refractivity (Wildman–Crippen MR) is 54.3 cm³/mol. The summed E-state index contributed by atoms with van der Waals surface area (Å²) < 4.78 is 18.6. The molecule has 0 aliphatic carbocycles. The Morgan fingerprint density at radius 2 is 2.00 bits per heavy atom. The maximum Gasteiger partial charge on any atom is 0.330 e. The molecule has 1 aliphatic rings. The molecule has 0 bridgehead atoms. The minimum absolute atomic E-state index is 0.337. The second-order valence-electron chi connectivity index (χ2n) is 3.92. The molecule has 1 fully saturated rings. The molecular weight excluding hydrogens is 251 g/mol. The van der Waals surface area contributed by atoms with Gasteiger partial charge in [0.15, 0.2) is 6.23 Å². The highest BCUT2D eigenvalue weighted by Gasteiger charge is 2.39. The number of nitrogens with zero attached hydrogens (tertiary/aromatic N) is 1. The van der Waals surface area contributed by atoms with E-state index in [0.717, 1.165) is 0 Å². The molecule has 4 N–H and O–H groups in total.